The Morgan fingerprint density at radius 3 is 2.40 bits per heavy atom. The van der Waals surface area contributed by atoms with Gasteiger partial charge < -0.3 is 4.57 Å². The van der Waals surface area contributed by atoms with Crippen molar-refractivity contribution in [2.75, 3.05) is 26.2 Å². The van der Waals surface area contributed by atoms with Crippen molar-refractivity contribution in [3.63, 3.8) is 0 Å². The quantitative estimate of drug-likeness (QED) is 0.160. The van der Waals surface area contributed by atoms with E-state index in [1.165, 1.54) is 109 Å². The fraction of sp³-hybridized carbons (Fsp3) is 0.395. The minimum absolute atomic E-state index is 0.777. The minimum atomic E-state index is 0.777. The van der Waals surface area contributed by atoms with Crippen LogP contribution in [-0.2, 0) is 19.5 Å². The summed E-state index contributed by atoms with van der Waals surface area (Å²) in [5.41, 5.74) is 13.1. The molecule has 3 aromatic carbocycles. The lowest BCUT2D eigenvalue weighted by Crippen LogP contribution is -2.50. The molecule has 1 saturated carbocycles. The van der Waals surface area contributed by atoms with Crippen molar-refractivity contribution < 1.29 is 0 Å². The molecule has 5 nitrogen and oxygen atoms in total. The van der Waals surface area contributed by atoms with Gasteiger partial charge in [0.25, 0.3) is 0 Å². The Bertz CT molecular complexity index is 1900. The van der Waals surface area contributed by atoms with Gasteiger partial charge in [0.05, 0.1) is 11.0 Å². The number of benzene rings is 3. The summed E-state index contributed by atoms with van der Waals surface area (Å²) in [6.07, 6.45) is 15.4. The van der Waals surface area contributed by atoms with E-state index in [0.29, 0.717) is 0 Å². The normalized spacial score (nSPS) is 20.5. The van der Waals surface area contributed by atoms with E-state index in [1.54, 1.807) is 5.57 Å². The van der Waals surface area contributed by atoms with Gasteiger partial charge in [-0.05, 0) is 103 Å². The number of aryl methyl sites for hydroxylation is 2. The van der Waals surface area contributed by atoms with Gasteiger partial charge in [-0.3, -0.25) is 14.8 Å². The molecule has 48 heavy (non-hydrogen) atoms. The van der Waals surface area contributed by atoms with E-state index in [-0.39, 0.29) is 0 Å². The Kier molecular flexibility index (Phi) is 8.99. The zero-order valence-corrected chi connectivity index (χ0v) is 28.7. The molecule has 0 radical (unpaired) electrons. The topological polar surface area (TPSA) is 37.2 Å². The number of rotatable bonds is 8. The number of piperazine rings is 1. The summed E-state index contributed by atoms with van der Waals surface area (Å²) in [6, 6.07) is 27.8. The lowest BCUT2D eigenvalue weighted by atomic mass is 10.0. The van der Waals surface area contributed by atoms with E-state index in [4.69, 9.17) is 4.98 Å². The smallest absolute Gasteiger partial charge is 0.114 e. The Balaban J connectivity index is 0.979. The van der Waals surface area contributed by atoms with Crippen molar-refractivity contribution in [2.45, 2.75) is 77.9 Å². The van der Waals surface area contributed by atoms with Gasteiger partial charge in [0.15, 0.2) is 0 Å². The number of hydrogen-bond donors (Lipinski definition) is 0. The zero-order chi connectivity index (χ0) is 32.5. The molecule has 2 atom stereocenters. The van der Waals surface area contributed by atoms with Crippen molar-refractivity contribution in [1.82, 2.24) is 24.3 Å². The highest BCUT2D eigenvalue weighted by Crippen LogP contribution is 2.45. The fourth-order valence-electron chi connectivity index (χ4n) is 8.21. The number of aromatic nitrogens is 3. The van der Waals surface area contributed by atoms with Crippen LogP contribution in [-0.4, -0.2) is 56.6 Å². The number of nitrogens with zero attached hydrogens (tertiary/aromatic N) is 5. The highest BCUT2D eigenvalue weighted by molar-refractivity contribution is 5.83. The van der Waals surface area contributed by atoms with Gasteiger partial charge in [-0.1, -0.05) is 78.6 Å². The molecular weight excluding hydrogens is 587 g/mol. The van der Waals surface area contributed by atoms with Crippen LogP contribution in [0.4, 0.5) is 0 Å². The largest absolute Gasteiger partial charge is 0.323 e. The summed E-state index contributed by atoms with van der Waals surface area (Å²) >= 11 is 0. The highest BCUT2D eigenvalue weighted by atomic mass is 15.3. The molecule has 8 rings (SSSR count). The van der Waals surface area contributed by atoms with Crippen LogP contribution < -0.4 is 0 Å². The number of imidazole rings is 1. The molecule has 5 heteroatoms. The first-order chi connectivity index (χ1) is 23.6. The standard InChI is InChI=1S/C43H49N5/c1-31-9-10-32(2)38(25-31)30-48-42-28-36(15-16-40(42)45-43(48)26-33-17-19-44-20-18-33)35-13-11-34(12-14-35)29-46-21-23-47(24-22-46)41-8-6-4-3-5-7-37-27-39(37)41/h7,9-20,25,28,39,41H,3-6,8,21-24,26-27,29-30H2,1-2H3. The van der Waals surface area contributed by atoms with Gasteiger partial charge in [0, 0.05) is 64.1 Å². The van der Waals surface area contributed by atoms with Crippen LogP contribution in [0.3, 0.4) is 0 Å². The second kappa shape index (κ2) is 13.8. The zero-order valence-electron chi connectivity index (χ0n) is 28.7. The molecule has 0 amide bonds. The van der Waals surface area contributed by atoms with E-state index in [1.807, 2.05) is 12.4 Å². The van der Waals surface area contributed by atoms with Gasteiger partial charge in [0.1, 0.15) is 5.82 Å². The maximum atomic E-state index is 5.16. The van der Waals surface area contributed by atoms with Crippen molar-refractivity contribution >= 4 is 11.0 Å². The van der Waals surface area contributed by atoms with Crippen LogP contribution in [0.5, 0.6) is 0 Å². The lowest BCUT2D eigenvalue weighted by Gasteiger charge is -2.39. The van der Waals surface area contributed by atoms with Crippen LogP contribution in [0.2, 0.25) is 0 Å². The van der Waals surface area contributed by atoms with Crippen molar-refractivity contribution in [1.29, 1.82) is 0 Å². The summed E-state index contributed by atoms with van der Waals surface area (Å²) in [6.45, 7) is 11.0. The molecule has 2 aliphatic carbocycles. The van der Waals surface area contributed by atoms with Gasteiger partial charge >= 0.3 is 0 Å². The third-order valence-electron chi connectivity index (χ3n) is 11.2. The third-order valence-corrected chi connectivity index (χ3v) is 11.2. The number of fused-ring (bicyclic) bond motifs is 2. The predicted octanol–water partition coefficient (Wildman–Crippen LogP) is 8.75. The molecule has 1 aliphatic heterocycles. The summed E-state index contributed by atoms with van der Waals surface area (Å²) < 4.78 is 2.42. The van der Waals surface area contributed by atoms with Gasteiger partial charge in [-0.25, -0.2) is 4.98 Å². The average molecular weight is 636 g/mol. The number of pyridine rings is 1. The van der Waals surface area contributed by atoms with Crippen molar-refractivity contribution in [3.05, 3.63) is 130 Å². The molecule has 246 valence electrons. The first-order valence-corrected chi connectivity index (χ1v) is 18.3. The molecule has 3 heterocycles. The predicted molar refractivity (Wildman–Crippen MR) is 197 cm³/mol. The molecule has 0 bridgehead atoms. The first-order valence-electron chi connectivity index (χ1n) is 18.3. The maximum Gasteiger partial charge on any atom is 0.114 e. The molecule has 0 spiro atoms. The molecule has 1 saturated heterocycles. The van der Waals surface area contributed by atoms with Crippen molar-refractivity contribution in [3.8, 4) is 11.1 Å². The van der Waals surface area contributed by atoms with Gasteiger partial charge in [-0.2, -0.15) is 0 Å². The summed E-state index contributed by atoms with van der Waals surface area (Å²) in [4.78, 5) is 14.9. The van der Waals surface area contributed by atoms with E-state index >= 15 is 0 Å². The van der Waals surface area contributed by atoms with Crippen LogP contribution in [0.1, 0.15) is 72.2 Å². The van der Waals surface area contributed by atoms with Gasteiger partial charge in [0.2, 0.25) is 0 Å². The SMILES string of the molecule is Cc1ccc(C)c(Cn2c(Cc3ccncc3)nc3ccc(-c4ccc(CN5CCN(C6CCCCCC=C7CC76)CC5)cc4)cc32)c1. The van der Waals surface area contributed by atoms with E-state index in [9.17, 15) is 0 Å². The maximum absolute atomic E-state index is 5.16. The van der Waals surface area contributed by atoms with E-state index in [2.05, 4.69) is 112 Å². The Morgan fingerprint density at radius 1 is 0.750 bits per heavy atom. The summed E-state index contributed by atoms with van der Waals surface area (Å²) in [5, 5.41) is 0. The van der Waals surface area contributed by atoms with Gasteiger partial charge in [-0.15, -0.1) is 0 Å². The Hall–Kier alpha value is -4.06. The fourth-order valence-corrected chi connectivity index (χ4v) is 8.21. The Morgan fingerprint density at radius 2 is 1.56 bits per heavy atom. The Labute approximate surface area is 286 Å². The highest BCUT2D eigenvalue weighted by Gasteiger charge is 2.40. The van der Waals surface area contributed by atoms with Crippen LogP contribution in [0.15, 0.2) is 96.8 Å². The second-order valence-electron chi connectivity index (χ2n) is 14.6. The van der Waals surface area contributed by atoms with E-state index in [0.717, 1.165) is 42.8 Å². The molecule has 0 N–H and O–H groups in total. The first kappa shape index (κ1) is 31.2. The summed E-state index contributed by atoms with van der Waals surface area (Å²) in [5.74, 6) is 1.95. The van der Waals surface area contributed by atoms with E-state index < -0.39 is 0 Å². The van der Waals surface area contributed by atoms with Crippen LogP contribution >= 0.6 is 0 Å². The number of hydrogen-bond acceptors (Lipinski definition) is 4. The second-order valence-corrected chi connectivity index (χ2v) is 14.6. The molecule has 2 fully saturated rings. The van der Waals surface area contributed by atoms with Crippen LogP contribution in [0, 0.1) is 19.8 Å². The molecular formula is C43H49N5. The molecule has 5 aromatic rings. The average Bonchev–Trinajstić information content (AvgIpc) is 3.78. The number of allylic oxidation sites excluding steroid dienone is 1. The monoisotopic (exact) mass is 635 g/mol. The van der Waals surface area contributed by atoms with Crippen LogP contribution in [0.25, 0.3) is 22.2 Å². The molecule has 2 aromatic heterocycles. The molecule has 3 aliphatic rings. The lowest BCUT2D eigenvalue weighted by molar-refractivity contribution is 0.0796. The summed E-state index contributed by atoms with van der Waals surface area (Å²) in [7, 11) is 0. The third kappa shape index (κ3) is 6.90. The minimum Gasteiger partial charge on any atom is -0.323 e. The molecule has 2 unspecified atom stereocenters. The van der Waals surface area contributed by atoms with Crippen molar-refractivity contribution in [2.24, 2.45) is 5.92 Å².